The van der Waals surface area contributed by atoms with E-state index in [1.807, 2.05) is 0 Å². The molecule has 2 unspecified atom stereocenters. The quantitative estimate of drug-likeness (QED) is 0.728. The molecule has 2 fully saturated rings. The van der Waals surface area contributed by atoms with Crippen molar-refractivity contribution in [1.82, 2.24) is 15.1 Å². The second-order valence-electron chi connectivity index (χ2n) is 6.27. The third kappa shape index (κ3) is 3.93. The first-order valence-electron chi connectivity index (χ1n) is 8.49. The summed E-state index contributed by atoms with van der Waals surface area (Å²) in [5, 5.41) is 3.74. The van der Waals surface area contributed by atoms with Crippen molar-refractivity contribution < 1.29 is 0 Å². The van der Waals surface area contributed by atoms with E-state index in [0.29, 0.717) is 0 Å². The van der Waals surface area contributed by atoms with E-state index in [1.54, 1.807) is 0 Å². The van der Waals surface area contributed by atoms with Crippen LogP contribution in [0.15, 0.2) is 0 Å². The third-order valence-electron chi connectivity index (χ3n) is 5.14. The highest BCUT2D eigenvalue weighted by Crippen LogP contribution is 2.35. The van der Waals surface area contributed by atoms with E-state index in [0.717, 1.165) is 18.1 Å². The second-order valence-corrected chi connectivity index (χ2v) is 6.27. The van der Waals surface area contributed by atoms with Gasteiger partial charge in [-0.3, -0.25) is 4.90 Å². The lowest BCUT2D eigenvalue weighted by Crippen LogP contribution is -2.51. The third-order valence-corrected chi connectivity index (χ3v) is 5.14. The molecule has 3 heteroatoms. The highest BCUT2D eigenvalue weighted by molar-refractivity contribution is 4.97. The van der Waals surface area contributed by atoms with Crippen LogP contribution >= 0.6 is 0 Å². The molecule has 0 amide bonds. The molecule has 2 atom stereocenters. The Bertz CT molecular complexity index is 238. The maximum Gasteiger partial charge on any atom is 0.0115 e. The Hall–Kier alpha value is -0.120. The number of nitrogens with zero attached hydrogens (tertiary/aromatic N) is 2. The van der Waals surface area contributed by atoms with Crippen molar-refractivity contribution in [2.24, 2.45) is 0 Å². The monoisotopic (exact) mass is 267 g/mol. The molecule has 1 N–H and O–H groups in total. The Morgan fingerprint density at radius 2 is 1.68 bits per heavy atom. The summed E-state index contributed by atoms with van der Waals surface area (Å²) in [4.78, 5) is 5.38. The minimum absolute atomic E-state index is 0.794. The van der Waals surface area contributed by atoms with Gasteiger partial charge in [0.1, 0.15) is 0 Å². The maximum atomic E-state index is 3.74. The van der Waals surface area contributed by atoms with Gasteiger partial charge in [-0.2, -0.15) is 0 Å². The van der Waals surface area contributed by atoms with Crippen LogP contribution in [0.25, 0.3) is 0 Å². The molecule has 2 saturated heterocycles. The lowest BCUT2D eigenvalue weighted by molar-refractivity contribution is 0.102. The number of rotatable bonds is 8. The summed E-state index contributed by atoms with van der Waals surface area (Å²) in [6.07, 6.45) is 6.90. The Morgan fingerprint density at radius 1 is 1.05 bits per heavy atom. The molecule has 112 valence electrons. The molecule has 0 saturated carbocycles. The van der Waals surface area contributed by atoms with Crippen LogP contribution in [0.1, 0.15) is 52.9 Å². The van der Waals surface area contributed by atoms with Crippen molar-refractivity contribution in [2.75, 3.05) is 32.7 Å². The van der Waals surface area contributed by atoms with Gasteiger partial charge >= 0.3 is 0 Å². The van der Waals surface area contributed by atoms with E-state index < -0.39 is 0 Å². The summed E-state index contributed by atoms with van der Waals surface area (Å²) in [6.45, 7) is 13.0. The topological polar surface area (TPSA) is 18.5 Å². The number of hydrogen-bond donors (Lipinski definition) is 1. The van der Waals surface area contributed by atoms with E-state index in [1.165, 1.54) is 64.8 Å². The molecule has 2 rings (SSSR count). The van der Waals surface area contributed by atoms with Gasteiger partial charge in [-0.15, -0.1) is 0 Å². The average molecular weight is 267 g/mol. The van der Waals surface area contributed by atoms with E-state index >= 15 is 0 Å². The molecule has 2 aliphatic rings. The number of likely N-dealkylation sites (N-methyl/N-ethyl adjacent to an activating group) is 1. The first-order valence-corrected chi connectivity index (χ1v) is 8.49. The van der Waals surface area contributed by atoms with Crippen LogP contribution in [0.5, 0.6) is 0 Å². The fourth-order valence-corrected chi connectivity index (χ4v) is 3.95. The second kappa shape index (κ2) is 7.61. The highest BCUT2D eigenvalue weighted by atomic mass is 15.3. The first-order chi connectivity index (χ1) is 9.28. The normalized spacial score (nSPS) is 31.3. The number of hydrogen-bond acceptors (Lipinski definition) is 3. The summed E-state index contributed by atoms with van der Waals surface area (Å²) in [7, 11) is 0. The van der Waals surface area contributed by atoms with Gasteiger partial charge in [-0.1, -0.05) is 20.8 Å². The van der Waals surface area contributed by atoms with Crippen LogP contribution < -0.4 is 5.32 Å². The predicted octanol–water partition coefficient (Wildman–Crippen LogP) is 2.32. The zero-order chi connectivity index (χ0) is 13.7. The fraction of sp³-hybridized carbons (Fsp3) is 1.00. The van der Waals surface area contributed by atoms with Crippen molar-refractivity contribution in [3.05, 3.63) is 0 Å². The van der Waals surface area contributed by atoms with Crippen molar-refractivity contribution in [1.29, 1.82) is 0 Å². The molecule has 0 aromatic heterocycles. The molecule has 3 nitrogen and oxygen atoms in total. The number of fused-ring (bicyclic) bond motifs is 2. The molecular formula is C16H33N3. The first kappa shape index (κ1) is 15.3. The predicted molar refractivity (Wildman–Crippen MR) is 82.6 cm³/mol. The summed E-state index contributed by atoms with van der Waals surface area (Å²) in [6, 6.07) is 2.52. The van der Waals surface area contributed by atoms with Crippen molar-refractivity contribution in [3.63, 3.8) is 0 Å². The molecule has 2 heterocycles. The van der Waals surface area contributed by atoms with Gasteiger partial charge in [0.05, 0.1) is 0 Å². The summed E-state index contributed by atoms with van der Waals surface area (Å²) in [5.41, 5.74) is 0. The van der Waals surface area contributed by atoms with Crippen LogP contribution in [0.4, 0.5) is 0 Å². The molecule has 0 aliphatic carbocycles. The molecule has 0 aromatic rings. The van der Waals surface area contributed by atoms with E-state index in [4.69, 9.17) is 0 Å². The van der Waals surface area contributed by atoms with Crippen LogP contribution in [0.3, 0.4) is 0 Å². The van der Waals surface area contributed by atoms with Gasteiger partial charge < -0.3 is 10.2 Å². The zero-order valence-corrected chi connectivity index (χ0v) is 13.2. The number of piperidine rings is 1. The molecule has 0 aromatic carbocycles. The fourth-order valence-electron chi connectivity index (χ4n) is 3.95. The standard InChI is InChI=1S/C16H33N3/c1-4-9-17-14-12-15-7-8-16(13-14)19(15)11-10-18(5-2)6-3/h14-17H,4-13H2,1-3H3. The Kier molecular flexibility index (Phi) is 6.11. The molecular weight excluding hydrogens is 234 g/mol. The van der Waals surface area contributed by atoms with E-state index in [-0.39, 0.29) is 0 Å². The van der Waals surface area contributed by atoms with Crippen LogP contribution in [0, 0.1) is 0 Å². The summed E-state index contributed by atoms with van der Waals surface area (Å²) >= 11 is 0. The lowest BCUT2D eigenvalue weighted by Gasteiger charge is -2.40. The van der Waals surface area contributed by atoms with Gasteiger partial charge in [0.2, 0.25) is 0 Å². The average Bonchev–Trinajstić information content (AvgIpc) is 2.68. The SMILES string of the molecule is CCCNC1CC2CCC(C1)N2CCN(CC)CC. The van der Waals surface area contributed by atoms with Gasteiger partial charge in [-0.05, 0) is 51.7 Å². The Balaban J connectivity index is 1.78. The maximum absolute atomic E-state index is 3.74. The molecule has 0 spiro atoms. The van der Waals surface area contributed by atoms with Gasteiger partial charge in [0.25, 0.3) is 0 Å². The Labute approximate surface area is 119 Å². The lowest BCUT2D eigenvalue weighted by atomic mass is 9.97. The minimum Gasteiger partial charge on any atom is -0.314 e. The highest BCUT2D eigenvalue weighted by Gasteiger charge is 2.39. The van der Waals surface area contributed by atoms with Crippen molar-refractivity contribution >= 4 is 0 Å². The van der Waals surface area contributed by atoms with E-state index in [9.17, 15) is 0 Å². The molecule has 0 radical (unpaired) electrons. The van der Waals surface area contributed by atoms with Crippen molar-refractivity contribution in [3.8, 4) is 0 Å². The van der Waals surface area contributed by atoms with Crippen molar-refractivity contribution in [2.45, 2.75) is 71.0 Å². The smallest absolute Gasteiger partial charge is 0.0115 e. The zero-order valence-electron chi connectivity index (χ0n) is 13.2. The largest absolute Gasteiger partial charge is 0.314 e. The summed E-state index contributed by atoms with van der Waals surface area (Å²) < 4.78 is 0. The molecule has 19 heavy (non-hydrogen) atoms. The summed E-state index contributed by atoms with van der Waals surface area (Å²) in [5.74, 6) is 0. The van der Waals surface area contributed by atoms with Crippen LogP contribution in [-0.2, 0) is 0 Å². The number of nitrogens with one attached hydrogen (secondary N) is 1. The van der Waals surface area contributed by atoms with Crippen LogP contribution in [0.2, 0.25) is 0 Å². The molecule has 2 aliphatic heterocycles. The van der Waals surface area contributed by atoms with Gasteiger partial charge in [0, 0.05) is 31.2 Å². The Morgan fingerprint density at radius 3 is 2.21 bits per heavy atom. The van der Waals surface area contributed by atoms with Gasteiger partial charge in [-0.25, -0.2) is 0 Å². The van der Waals surface area contributed by atoms with E-state index in [2.05, 4.69) is 35.9 Å². The minimum atomic E-state index is 0.794. The molecule has 2 bridgehead atoms. The van der Waals surface area contributed by atoms with Crippen LogP contribution in [-0.4, -0.2) is 60.6 Å². The van der Waals surface area contributed by atoms with Gasteiger partial charge in [0.15, 0.2) is 0 Å².